The van der Waals surface area contributed by atoms with Gasteiger partial charge >= 0.3 is 5.97 Å². The Morgan fingerprint density at radius 1 is 1.13 bits per heavy atom. The Hall–Kier alpha value is -2.99. The third-order valence-corrected chi connectivity index (χ3v) is 5.27. The number of rotatable bonds is 7. The van der Waals surface area contributed by atoms with E-state index in [2.05, 4.69) is 17.6 Å². The Bertz CT molecular complexity index is 1160. The van der Waals surface area contributed by atoms with Gasteiger partial charge in [-0.3, -0.25) is 4.79 Å². The molecule has 5 nitrogen and oxygen atoms in total. The van der Waals surface area contributed by atoms with Crippen molar-refractivity contribution >= 4 is 29.6 Å². The van der Waals surface area contributed by atoms with Crippen molar-refractivity contribution in [1.29, 1.82) is 0 Å². The first-order chi connectivity index (χ1) is 14.5. The van der Waals surface area contributed by atoms with E-state index in [9.17, 15) is 4.79 Å². The molecule has 0 fully saturated rings. The number of esters is 1. The molecule has 0 spiro atoms. The summed E-state index contributed by atoms with van der Waals surface area (Å²) >= 11 is 4.36. The zero-order chi connectivity index (χ0) is 21.1. The number of thiol groups is 1. The highest BCUT2D eigenvalue weighted by atomic mass is 32.1. The van der Waals surface area contributed by atoms with E-state index in [1.165, 1.54) is 0 Å². The van der Waals surface area contributed by atoms with Gasteiger partial charge in [0, 0.05) is 10.9 Å². The van der Waals surface area contributed by atoms with Gasteiger partial charge in [-0.25, -0.2) is 4.98 Å². The minimum Gasteiger partial charge on any atom is -0.465 e. The topological polar surface area (TPSA) is 65.5 Å². The number of oxazole rings is 1. The molecule has 154 valence electrons. The van der Waals surface area contributed by atoms with Crippen LogP contribution in [0.5, 0.6) is 0 Å². The van der Waals surface area contributed by atoms with Crippen LogP contribution in [-0.2, 0) is 22.4 Å². The number of hydrogen-bond acceptors (Lipinski definition) is 6. The van der Waals surface area contributed by atoms with Gasteiger partial charge in [-0.15, -0.1) is 0 Å². The molecule has 6 heteroatoms. The predicted molar refractivity (Wildman–Crippen MR) is 119 cm³/mol. The Labute approximate surface area is 180 Å². The van der Waals surface area contributed by atoms with Gasteiger partial charge in [0.25, 0.3) is 0 Å². The lowest BCUT2D eigenvalue weighted by atomic mass is 10.1. The second-order valence-electron chi connectivity index (χ2n) is 7.12. The molecule has 0 bridgehead atoms. The first kappa shape index (κ1) is 20.3. The third kappa shape index (κ3) is 4.44. The molecular formula is C24H23NO4S. The number of fused-ring (bicyclic) bond motifs is 1. The van der Waals surface area contributed by atoms with Crippen molar-refractivity contribution in [2.24, 2.45) is 0 Å². The van der Waals surface area contributed by atoms with Crippen molar-refractivity contribution in [3.05, 3.63) is 77.4 Å². The van der Waals surface area contributed by atoms with E-state index >= 15 is 0 Å². The summed E-state index contributed by atoms with van der Waals surface area (Å²) in [5, 5.41) is 0.499. The van der Waals surface area contributed by atoms with E-state index in [1.54, 1.807) is 6.92 Å². The normalized spacial score (nSPS) is 12.2. The van der Waals surface area contributed by atoms with Crippen LogP contribution in [-0.4, -0.2) is 22.8 Å². The summed E-state index contributed by atoms with van der Waals surface area (Å²) in [4.78, 5) is 16.5. The molecule has 2 heterocycles. The number of aryl methyl sites for hydroxylation is 1. The average molecular weight is 422 g/mol. The molecule has 0 aliphatic rings. The molecular weight excluding hydrogens is 398 g/mol. The van der Waals surface area contributed by atoms with Crippen LogP contribution in [0.4, 0.5) is 0 Å². The van der Waals surface area contributed by atoms with E-state index in [0.717, 1.165) is 39.3 Å². The molecule has 30 heavy (non-hydrogen) atoms. The van der Waals surface area contributed by atoms with Crippen LogP contribution in [0.3, 0.4) is 0 Å². The summed E-state index contributed by atoms with van der Waals surface area (Å²) in [5.74, 6) is 1.90. The minimum absolute atomic E-state index is 0.301. The molecule has 0 aliphatic carbocycles. The molecule has 0 aliphatic heterocycles. The minimum atomic E-state index is -0.483. The molecule has 0 N–H and O–H groups in total. The average Bonchev–Trinajstić information content (AvgIpc) is 3.31. The lowest BCUT2D eigenvalue weighted by Gasteiger charge is -2.09. The standard InChI is InChI=1S/C24H23NO4S/c1-3-27-24(26)22(30)12-16-9-10-21-18(11-16)13-19(29-21)14-20-15(2)28-23(25-20)17-7-5-4-6-8-17/h4-11,13,22,30H,3,12,14H2,1-2H3. The van der Waals surface area contributed by atoms with E-state index < -0.39 is 5.25 Å². The maximum absolute atomic E-state index is 11.8. The van der Waals surface area contributed by atoms with Gasteiger partial charge in [-0.05, 0) is 56.2 Å². The highest BCUT2D eigenvalue weighted by Crippen LogP contribution is 2.27. The number of furan rings is 1. The predicted octanol–water partition coefficient (Wildman–Crippen LogP) is 5.39. The lowest BCUT2D eigenvalue weighted by molar-refractivity contribution is -0.142. The first-order valence-corrected chi connectivity index (χ1v) is 10.4. The number of carbonyl (C=O) groups excluding carboxylic acids is 1. The van der Waals surface area contributed by atoms with Crippen LogP contribution in [0.2, 0.25) is 0 Å². The number of ether oxygens (including phenoxy) is 1. The van der Waals surface area contributed by atoms with Crippen LogP contribution in [0.25, 0.3) is 22.4 Å². The van der Waals surface area contributed by atoms with Crippen LogP contribution in [0, 0.1) is 6.92 Å². The van der Waals surface area contributed by atoms with Gasteiger partial charge in [0.1, 0.15) is 22.4 Å². The smallest absolute Gasteiger partial charge is 0.319 e. The summed E-state index contributed by atoms with van der Waals surface area (Å²) in [6.45, 7) is 4.06. The van der Waals surface area contributed by atoms with Crippen molar-refractivity contribution < 1.29 is 18.4 Å². The molecule has 1 unspecified atom stereocenters. The largest absolute Gasteiger partial charge is 0.465 e. The lowest BCUT2D eigenvalue weighted by Crippen LogP contribution is -2.20. The monoisotopic (exact) mass is 421 g/mol. The number of hydrogen-bond donors (Lipinski definition) is 1. The zero-order valence-corrected chi connectivity index (χ0v) is 17.8. The van der Waals surface area contributed by atoms with Gasteiger partial charge in [0.15, 0.2) is 0 Å². The summed E-state index contributed by atoms with van der Waals surface area (Å²) in [5.41, 5.74) is 3.60. The molecule has 4 aromatic rings. The quantitative estimate of drug-likeness (QED) is 0.320. The maximum atomic E-state index is 11.8. The van der Waals surface area contributed by atoms with Gasteiger partial charge in [0.2, 0.25) is 5.89 Å². The number of carbonyl (C=O) groups is 1. The van der Waals surface area contributed by atoms with Crippen molar-refractivity contribution in [3.63, 3.8) is 0 Å². The Kier molecular flexibility index (Phi) is 5.95. The number of nitrogens with zero attached hydrogens (tertiary/aromatic N) is 1. The maximum Gasteiger partial charge on any atom is 0.319 e. The van der Waals surface area contributed by atoms with Crippen molar-refractivity contribution in [2.45, 2.75) is 31.9 Å². The second kappa shape index (κ2) is 8.79. The fraction of sp³-hybridized carbons (Fsp3) is 0.250. The summed E-state index contributed by atoms with van der Waals surface area (Å²) in [7, 11) is 0. The number of benzene rings is 2. The van der Waals surface area contributed by atoms with E-state index in [0.29, 0.717) is 25.3 Å². The molecule has 0 radical (unpaired) electrons. The highest BCUT2D eigenvalue weighted by molar-refractivity contribution is 7.81. The molecule has 0 saturated heterocycles. The van der Waals surface area contributed by atoms with Crippen molar-refractivity contribution in [1.82, 2.24) is 4.98 Å². The third-order valence-electron chi connectivity index (χ3n) is 4.87. The fourth-order valence-electron chi connectivity index (χ4n) is 3.37. The van der Waals surface area contributed by atoms with Gasteiger partial charge in [-0.2, -0.15) is 12.6 Å². The molecule has 1 atom stereocenters. The van der Waals surface area contributed by atoms with Crippen LogP contribution in [0.15, 0.2) is 63.4 Å². The number of aromatic nitrogens is 1. The first-order valence-electron chi connectivity index (χ1n) is 9.91. The van der Waals surface area contributed by atoms with Crippen molar-refractivity contribution in [3.8, 4) is 11.5 Å². The Morgan fingerprint density at radius 3 is 2.70 bits per heavy atom. The van der Waals surface area contributed by atoms with Crippen molar-refractivity contribution in [2.75, 3.05) is 6.61 Å². The van der Waals surface area contributed by atoms with E-state index in [4.69, 9.17) is 13.6 Å². The summed E-state index contributed by atoms with van der Waals surface area (Å²) in [6.07, 6.45) is 1.05. The Balaban J connectivity index is 1.52. The highest BCUT2D eigenvalue weighted by Gasteiger charge is 2.17. The zero-order valence-electron chi connectivity index (χ0n) is 16.9. The second-order valence-corrected chi connectivity index (χ2v) is 7.74. The fourth-order valence-corrected chi connectivity index (χ4v) is 3.65. The van der Waals surface area contributed by atoms with E-state index in [1.807, 2.05) is 61.5 Å². The summed E-state index contributed by atoms with van der Waals surface area (Å²) < 4.78 is 16.9. The summed E-state index contributed by atoms with van der Waals surface area (Å²) in [6, 6.07) is 17.7. The molecule has 2 aromatic carbocycles. The van der Waals surface area contributed by atoms with Crippen LogP contribution >= 0.6 is 12.6 Å². The molecule has 0 amide bonds. The SMILES string of the molecule is CCOC(=O)C(S)Cc1ccc2oc(Cc3nc(-c4ccccc4)oc3C)cc2c1. The Morgan fingerprint density at radius 2 is 1.93 bits per heavy atom. The van der Waals surface area contributed by atoms with Gasteiger partial charge in [-0.1, -0.05) is 24.3 Å². The molecule has 0 saturated carbocycles. The van der Waals surface area contributed by atoms with Crippen LogP contribution < -0.4 is 0 Å². The van der Waals surface area contributed by atoms with Crippen LogP contribution in [0.1, 0.15) is 29.7 Å². The molecule has 4 rings (SSSR count). The van der Waals surface area contributed by atoms with E-state index in [-0.39, 0.29) is 5.97 Å². The van der Waals surface area contributed by atoms with Gasteiger partial charge in [0.05, 0.1) is 18.7 Å². The molecule has 2 aromatic heterocycles. The van der Waals surface area contributed by atoms with Gasteiger partial charge < -0.3 is 13.6 Å².